The molecule has 0 aliphatic carbocycles. The fraction of sp³-hybridized carbons (Fsp3) is 0.111. The molecule has 1 aromatic rings. The lowest BCUT2D eigenvalue weighted by molar-refractivity contribution is -0.119. The molecule has 0 radical (unpaired) electrons. The monoisotopic (exact) mass is 211 g/mol. The van der Waals surface area contributed by atoms with Gasteiger partial charge in [-0.3, -0.25) is 10.2 Å². The van der Waals surface area contributed by atoms with Crippen molar-refractivity contribution in [3.05, 3.63) is 30.1 Å². The molecular weight excluding hydrogens is 201 g/mol. The molecule has 0 saturated heterocycles. The number of nitrogens with one attached hydrogen (secondary N) is 3. The third-order valence-corrected chi connectivity index (χ3v) is 1.45. The number of anilines is 1. The maximum Gasteiger partial charge on any atom is 0.337 e. The lowest BCUT2D eigenvalue weighted by Crippen LogP contribution is -2.42. The zero-order valence-corrected chi connectivity index (χ0v) is 8.00. The van der Waals surface area contributed by atoms with Crippen LogP contribution in [0, 0.1) is 5.82 Å². The van der Waals surface area contributed by atoms with Crippen molar-refractivity contribution in [3.8, 4) is 0 Å². The average Bonchev–Trinajstić information content (AvgIpc) is 2.19. The standard InChI is InChI=1S/C9H10FN3O2/c1-6(14)12-13-9(15)11-8-4-2-7(10)3-5-8/h2-5H,1H3,(H,12,14)(H2,11,13,15). The number of benzene rings is 1. The molecule has 0 aromatic heterocycles. The minimum atomic E-state index is -0.600. The smallest absolute Gasteiger partial charge is 0.307 e. The van der Waals surface area contributed by atoms with Crippen LogP contribution < -0.4 is 16.2 Å². The Kier molecular flexibility index (Phi) is 3.61. The molecule has 0 aliphatic heterocycles. The first-order valence-corrected chi connectivity index (χ1v) is 4.17. The minimum Gasteiger partial charge on any atom is -0.307 e. The molecule has 0 spiro atoms. The maximum absolute atomic E-state index is 12.5. The van der Waals surface area contributed by atoms with E-state index in [1.165, 1.54) is 31.2 Å². The Balaban J connectivity index is 2.44. The molecule has 6 heteroatoms. The first-order chi connectivity index (χ1) is 7.08. The molecule has 0 atom stereocenters. The Labute approximate surface area is 85.6 Å². The van der Waals surface area contributed by atoms with E-state index in [-0.39, 0.29) is 11.7 Å². The van der Waals surface area contributed by atoms with Gasteiger partial charge in [-0.05, 0) is 24.3 Å². The predicted octanol–water partition coefficient (Wildman–Crippen LogP) is 0.998. The number of hydrazine groups is 1. The fourth-order valence-electron chi connectivity index (χ4n) is 0.840. The molecule has 1 aromatic carbocycles. The van der Waals surface area contributed by atoms with Gasteiger partial charge < -0.3 is 5.32 Å². The van der Waals surface area contributed by atoms with Gasteiger partial charge in [0.1, 0.15) is 5.82 Å². The van der Waals surface area contributed by atoms with Crippen LogP contribution in [0.1, 0.15) is 6.92 Å². The van der Waals surface area contributed by atoms with Crippen molar-refractivity contribution >= 4 is 17.6 Å². The number of hydrogen-bond acceptors (Lipinski definition) is 2. The molecule has 15 heavy (non-hydrogen) atoms. The van der Waals surface area contributed by atoms with Gasteiger partial charge in [0.2, 0.25) is 5.91 Å². The zero-order chi connectivity index (χ0) is 11.3. The lowest BCUT2D eigenvalue weighted by atomic mass is 10.3. The second-order valence-electron chi connectivity index (χ2n) is 2.77. The predicted molar refractivity (Wildman–Crippen MR) is 52.4 cm³/mol. The summed E-state index contributed by atoms with van der Waals surface area (Å²) < 4.78 is 12.5. The number of carbonyl (C=O) groups excluding carboxylic acids is 2. The highest BCUT2D eigenvalue weighted by Crippen LogP contribution is 2.07. The number of amides is 3. The molecule has 80 valence electrons. The summed E-state index contributed by atoms with van der Waals surface area (Å²) in [6.45, 7) is 1.26. The van der Waals surface area contributed by atoms with E-state index in [1.54, 1.807) is 0 Å². The highest BCUT2D eigenvalue weighted by atomic mass is 19.1. The van der Waals surface area contributed by atoms with Crippen LogP contribution >= 0.6 is 0 Å². The summed E-state index contributed by atoms with van der Waals surface area (Å²) in [5, 5.41) is 2.39. The molecule has 0 fully saturated rings. The first kappa shape index (κ1) is 11.0. The molecule has 3 amide bonds. The summed E-state index contributed by atoms with van der Waals surface area (Å²) in [7, 11) is 0. The van der Waals surface area contributed by atoms with Gasteiger partial charge >= 0.3 is 6.03 Å². The molecule has 1 rings (SSSR count). The summed E-state index contributed by atoms with van der Waals surface area (Å²) in [6.07, 6.45) is 0. The zero-order valence-electron chi connectivity index (χ0n) is 8.00. The summed E-state index contributed by atoms with van der Waals surface area (Å²) in [6, 6.07) is 4.64. The summed E-state index contributed by atoms with van der Waals surface area (Å²) in [5.74, 6) is -0.771. The molecule has 5 nitrogen and oxygen atoms in total. The number of urea groups is 1. The van der Waals surface area contributed by atoms with E-state index >= 15 is 0 Å². The van der Waals surface area contributed by atoms with Crippen LogP contribution in [-0.4, -0.2) is 11.9 Å². The van der Waals surface area contributed by atoms with Crippen LogP contribution in [-0.2, 0) is 4.79 Å². The Morgan fingerprint density at radius 3 is 2.27 bits per heavy atom. The van der Waals surface area contributed by atoms with Crippen LogP contribution in [0.15, 0.2) is 24.3 Å². The SMILES string of the molecule is CC(=O)NNC(=O)Nc1ccc(F)cc1. The van der Waals surface area contributed by atoms with Gasteiger partial charge in [0.25, 0.3) is 0 Å². The van der Waals surface area contributed by atoms with Crippen molar-refractivity contribution in [1.29, 1.82) is 0 Å². The average molecular weight is 211 g/mol. The second kappa shape index (κ2) is 4.94. The molecule has 0 unspecified atom stereocenters. The number of rotatable bonds is 1. The van der Waals surface area contributed by atoms with E-state index in [0.717, 1.165) is 0 Å². The highest BCUT2D eigenvalue weighted by molar-refractivity contribution is 5.90. The van der Waals surface area contributed by atoms with E-state index in [9.17, 15) is 14.0 Å². The van der Waals surface area contributed by atoms with E-state index < -0.39 is 6.03 Å². The van der Waals surface area contributed by atoms with E-state index in [0.29, 0.717) is 5.69 Å². The Bertz CT molecular complexity index is 364. The van der Waals surface area contributed by atoms with Crippen molar-refractivity contribution in [1.82, 2.24) is 10.9 Å². The van der Waals surface area contributed by atoms with Gasteiger partial charge in [-0.15, -0.1) is 0 Å². The van der Waals surface area contributed by atoms with Crippen LogP contribution in [0.5, 0.6) is 0 Å². The molecule has 0 bridgehead atoms. The molecular formula is C9H10FN3O2. The van der Waals surface area contributed by atoms with Gasteiger partial charge in [0, 0.05) is 12.6 Å². The summed E-state index contributed by atoms with van der Waals surface area (Å²) in [4.78, 5) is 21.5. The number of hydrogen-bond donors (Lipinski definition) is 3. The van der Waals surface area contributed by atoms with Gasteiger partial charge in [-0.1, -0.05) is 0 Å². The van der Waals surface area contributed by atoms with Gasteiger partial charge in [0.05, 0.1) is 0 Å². The Morgan fingerprint density at radius 1 is 1.13 bits per heavy atom. The third kappa shape index (κ3) is 4.08. The normalized spacial score (nSPS) is 9.20. The van der Waals surface area contributed by atoms with E-state index in [1.807, 2.05) is 0 Å². The Hall–Kier alpha value is -2.11. The molecule has 0 saturated carbocycles. The summed E-state index contributed by atoms with van der Waals surface area (Å²) >= 11 is 0. The van der Waals surface area contributed by atoms with Gasteiger partial charge in [0.15, 0.2) is 0 Å². The molecule has 0 aliphatic rings. The van der Waals surface area contributed by atoms with Crippen molar-refractivity contribution < 1.29 is 14.0 Å². The quantitative estimate of drug-likeness (QED) is 0.606. The second-order valence-corrected chi connectivity index (χ2v) is 2.77. The van der Waals surface area contributed by atoms with Crippen molar-refractivity contribution in [2.75, 3.05) is 5.32 Å². The summed E-state index contributed by atoms with van der Waals surface area (Å²) in [5.41, 5.74) is 4.63. The number of halogens is 1. The topological polar surface area (TPSA) is 70.2 Å². The third-order valence-electron chi connectivity index (χ3n) is 1.45. The largest absolute Gasteiger partial charge is 0.337 e. The molecule has 3 N–H and O–H groups in total. The van der Waals surface area contributed by atoms with Crippen molar-refractivity contribution in [3.63, 3.8) is 0 Å². The van der Waals surface area contributed by atoms with E-state index in [4.69, 9.17) is 0 Å². The minimum absolute atomic E-state index is 0.385. The van der Waals surface area contributed by atoms with Crippen molar-refractivity contribution in [2.24, 2.45) is 0 Å². The fourth-order valence-corrected chi connectivity index (χ4v) is 0.840. The number of carbonyl (C=O) groups is 2. The van der Waals surface area contributed by atoms with E-state index in [2.05, 4.69) is 16.2 Å². The van der Waals surface area contributed by atoms with Crippen LogP contribution in [0.2, 0.25) is 0 Å². The van der Waals surface area contributed by atoms with Gasteiger partial charge in [-0.25, -0.2) is 14.6 Å². The highest BCUT2D eigenvalue weighted by Gasteiger charge is 2.01. The lowest BCUT2D eigenvalue weighted by Gasteiger charge is -2.06. The van der Waals surface area contributed by atoms with Crippen LogP contribution in [0.3, 0.4) is 0 Å². The first-order valence-electron chi connectivity index (χ1n) is 4.17. The van der Waals surface area contributed by atoms with Crippen LogP contribution in [0.4, 0.5) is 14.9 Å². The maximum atomic E-state index is 12.5. The molecule has 0 heterocycles. The van der Waals surface area contributed by atoms with Crippen LogP contribution in [0.25, 0.3) is 0 Å². The Morgan fingerprint density at radius 2 is 1.73 bits per heavy atom. The van der Waals surface area contributed by atoms with Crippen molar-refractivity contribution in [2.45, 2.75) is 6.92 Å². The van der Waals surface area contributed by atoms with Gasteiger partial charge in [-0.2, -0.15) is 0 Å².